The van der Waals surface area contributed by atoms with Crippen LogP contribution in [0.25, 0.3) is 0 Å². The highest BCUT2D eigenvalue weighted by molar-refractivity contribution is 5.40. The minimum atomic E-state index is 0.0190. The number of benzene rings is 2. The van der Waals surface area contributed by atoms with Crippen LogP contribution in [0.3, 0.4) is 0 Å². The second-order valence-electron chi connectivity index (χ2n) is 5.05. The molecule has 0 aliphatic rings. The van der Waals surface area contributed by atoms with Crippen molar-refractivity contribution < 1.29 is 4.74 Å². The molecule has 1 atom stereocenters. The van der Waals surface area contributed by atoms with E-state index in [-0.39, 0.29) is 6.04 Å². The fourth-order valence-corrected chi connectivity index (χ4v) is 2.24. The van der Waals surface area contributed by atoms with E-state index in [1.165, 1.54) is 5.56 Å². The van der Waals surface area contributed by atoms with Crippen molar-refractivity contribution >= 4 is 0 Å². The molecule has 2 aromatic rings. The van der Waals surface area contributed by atoms with Crippen LogP contribution in [0.5, 0.6) is 11.5 Å². The zero-order valence-corrected chi connectivity index (χ0v) is 12.3. The van der Waals surface area contributed by atoms with Crippen LogP contribution in [0.15, 0.2) is 48.5 Å². The molecule has 2 N–H and O–H groups in total. The summed E-state index contributed by atoms with van der Waals surface area (Å²) in [6.07, 6.45) is 3.17. The van der Waals surface area contributed by atoms with Crippen molar-refractivity contribution in [3.05, 3.63) is 59.7 Å². The molecule has 0 saturated carbocycles. The molecule has 0 unspecified atom stereocenters. The molecule has 0 bridgehead atoms. The summed E-state index contributed by atoms with van der Waals surface area (Å²) in [5.41, 5.74) is 8.54. The van der Waals surface area contributed by atoms with Gasteiger partial charge < -0.3 is 10.5 Å². The van der Waals surface area contributed by atoms with Gasteiger partial charge in [-0.05, 0) is 36.6 Å². The molecule has 2 nitrogen and oxygen atoms in total. The number of hydrogen-bond acceptors (Lipinski definition) is 2. The Morgan fingerprint density at radius 1 is 1.00 bits per heavy atom. The highest BCUT2D eigenvalue weighted by Gasteiger charge is 2.10. The van der Waals surface area contributed by atoms with Gasteiger partial charge in [0.25, 0.3) is 0 Å². The summed E-state index contributed by atoms with van der Waals surface area (Å²) in [7, 11) is 0. The van der Waals surface area contributed by atoms with Gasteiger partial charge in [0.2, 0.25) is 0 Å². The van der Waals surface area contributed by atoms with Crippen LogP contribution in [-0.4, -0.2) is 0 Å². The molecule has 106 valence electrons. The van der Waals surface area contributed by atoms with Crippen molar-refractivity contribution in [2.24, 2.45) is 5.73 Å². The summed E-state index contributed by atoms with van der Waals surface area (Å²) in [5.74, 6) is 1.71. The lowest BCUT2D eigenvalue weighted by Crippen LogP contribution is -2.09. The Morgan fingerprint density at radius 2 is 1.70 bits per heavy atom. The average Bonchev–Trinajstić information content (AvgIpc) is 2.49. The Kier molecular flexibility index (Phi) is 5.19. The van der Waals surface area contributed by atoms with Gasteiger partial charge in [-0.2, -0.15) is 0 Å². The van der Waals surface area contributed by atoms with Crippen LogP contribution < -0.4 is 10.5 Å². The number of para-hydroxylation sites is 1. The Morgan fingerprint density at radius 3 is 2.35 bits per heavy atom. The van der Waals surface area contributed by atoms with E-state index in [2.05, 4.69) is 26.0 Å². The van der Waals surface area contributed by atoms with E-state index in [0.29, 0.717) is 0 Å². The zero-order valence-electron chi connectivity index (χ0n) is 12.3. The van der Waals surface area contributed by atoms with Gasteiger partial charge in [0.1, 0.15) is 11.5 Å². The number of aryl methyl sites for hydroxylation is 1. The Labute approximate surface area is 121 Å². The largest absolute Gasteiger partial charge is 0.457 e. The fraction of sp³-hybridized carbons (Fsp3) is 0.333. The van der Waals surface area contributed by atoms with Crippen LogP contribution in [0.2, 0.25) is 0 Å². The molecule has 0 spiro atoms. The minimum Gasteiger partial charge on any atom is -0.457 e. The Hall–Kier alpha value is -1.80. The quantitative estimate of drug-likeness (QED) is 0.814. The van der Waals surface area contributed by atoms with Gasteiger partial charge in [0.15, 0.2) is 0 Å². The first-order chi connectivity index (χ1) is 9.74. The van der Waals surface area contributed by atoms with E-state index in [1.807, 2.05) is 36.4 Å². The molecule has 2 aromatic carbocycles. The topological polar surface area (TPSA) is 35.2 Å². The summed E-state index contributed by atoms with van der Waals surface area (Å²) in [5, 5.41) is 0. The molecular formula is C18H23NO. The molecule has 0 aromatic heterocycles. The number of rotatable bonds is 6. The molecule has 0 fully saturated rings. The molecule has 2 rings (SSSR count). The van der Waals surface area contributed by atoms with Gasteiger partial charge in [-0.1, -0.05) is 50.6 Å². The molecule has 0 amide bonds. The SMILES string of the molecule is CCCc1ccc(Oc2ccccc2[C@H](N)CC)cc1. The maximum Gasteiger partial charge on any atom is 0.132 e. The summed E-state index contributed by atoms with van der Waals surface area (Å²) in [6, 6.07) is 16.3. The van der Waals surface area contributed by atoms with Crippen molar-refractivity contribution in [3.8, 4) is 11.5 Å². The predicted molar refractivity (Wildman–Crippen MR) is 84.2 cm³/mol. The normalized spacial score (nSPS) is 12.2. The maximum absolute atomic E-state index is 6.13. The molecule has 0 heterocycles. The highest BCUT2D eigenvalue weighted by atomic mass is 16.5. The Balaban J connectivity index is 2.17. The smallest absolute Gasteiger partial charge is 0.132 e. The monoisotopic (exact) mass is 269 g/mol. The van der Waals surface area contributed by atoms with Crippen LogP contribution in [-0.2, 0) is 6.42 Å². The van der Waals surface area contributed by atoms with E-state index in [9.17, 15) is 0 Å². The molecule has 2 heteroatoms. The molecule has 20 heavy (non-hydrogen) atoms. The van der Waals surface area contributed by atoms with E-state index in [4.69, 9.17) is 10.5 Å². The standard InChI is InChI=1S/C18H23NO/c1-3-7-14-10-12-15(13-11-14)20-18-9-6-5-8-16(18)17(19)4-2/h5-6,8-13,17H,3-4,7,19H2,1-2H3/t17-/m1/s1. The van der Waals surface area contributed by atoms with Crippen LogP contribution >= 0.6 is 0 Å². The van der Waals surface area contributed by atoms with Crippen LogP contribution in [0.1, 0.15) is 43.9 Å². The zero-order chi connectivity index (χ0) is 14.4. The molecule has 0 radical (unpaired) electrons. The van der Waals surface area contributed by atoms with Gasteiger partial charge in [-0.15, -0.1) is 0 Å². The molecular weight excluding hydrogens is 246 g/mol. The average molecular weight is 269 g/mol. The fourth-order valence-electron chi connectivity index (χ4n) is 2.24. The highest BCUT2D eigenvalue weighted by Crippen LogP contribution is 2.30. The summed E-state index contributed by atoms with van der Waals surface area (Å²) >= 11 is 0. The summed E-state index contributed by atoms with van der Waals surface area (Å²) in [6.45, 7) is 4.27. The van der Waals surface area contributed by atoms with Crippen LogP contribution in [0.4, 0.5) is 0 Å². The van der Waals surface area contributed by atoms with Crippen molar-refractivity contribution in [1.29, 1.82) is 0 Å². The lowest BCUT2D eigenvalue weighted by atomic mass is 10.0. The third-order valence-corrected chi connectivity index (χ3v) is 3.45. The van der Waals surface area contributed by atoms with Gasteiger partial charge in [0.05, 0.1) is 0 Å². The molecule has 0 saturated heterocycles. The van der Waals surface area contributed by atoms with Crippen LogP contribution in [0, 0.1) is 0 Å². The lowest BCUT2D eigenvalue weighted by molar-refractivity contribution is 0.468. The first-order valence-corrected chi connectivity index (χ1v) is 7.35. The van der Waals surface area contributed by atoms with Crippen molar-refractivity contribution in [2.75, 3.05) is 0 Å². The van der Waals surface area contributed by atoms with Gasteiger partial charge in [-0.3, -0.25) is 0 Å². The lowest BCUT2D eigenvalue weighted by Gasteiger charge is -2.15. The second-order valence-corrected chi connectivity index (χ2v) is 5.05. The number of hydrogen-bond donors (Lipinski definition) is 1. The molecule has 0 aliphatic carbocycles. The third-order valence-electron chi connectivity index (χ3n) is 3.45. The number of nitrogens with two attached hydrogens (primary N) is 1. The summed E-state index contributed by atoms with van der Waals surface area (Å²) < 4.78 is 5.99. The Bertz CT molecular complexity index is 533. The van der Waals surface area contributed by atoms with Gasteiger partial charge >= 0.3 is 0 Å². The molecule has 0 aliphatic heterocycles. The van der Waals surface area contributed by atoms with E-state index < -0.39 is 0 Å². The third kappa shape index (κ3) is 3.61. The second kappa shape index (κ2) is 7.11. The predicted octanol–water partition coefficient (Wildman–Crippen LogP) is 4.84. The number of ether oxygens (including phenoxy) is 1. The van der Waals surface area contributed by atoms with E-state index in [0.717, 1.165) is 36.3 Å². The first-order valence-electron chi connectivity index (χ1n) is 7.35. The minimum absolute atomic E-state index is 0.0190. The van der Waals surface area contributed by atoms with E-state index in [1.54, 1.807) is 0 Å². The van der Waals surface area contributed by atoms with Crippen molar-refractivity contribution in [1.82, 2.24) is 0 Å². The first kappa shape index (κ1) is 14.6. The van der Waals surface area contributed by atoms with Gasteiger partial charge in [-0.25, -0.2) is 0 Å². The van der Waals surface area contributed by atoms with Crippen molar-refractivity contribution in [2.45, 2.75) is 39.2 Å². The van der Waals surface area contributed by atoms with Gasteiger partial charge in [0, 0.05) is 11.6 Å². The maximum atomic E-state index is 6.13. The van der Waals surface area contributed by atoms with E-state index >= 15 is 0 Å². The summed E-state index contributed by atoms with van der Waals surface area (Å²) in [4.78, 5) is 0. The van der Waals surface area contributed by atoms with Crippen molar-refractivity contribution in [3.63, 3.8) is 0 Å².